The molecule has 0 aliphatic carbocycles. The highest BCUT2D eigenvalue weighted by Gasteiger charge is 2.22. The van der Waals surface area contributed by atoms with Gasteiger partial charge in [0.1, 0.15) is 17.9 Å². The average molecular weight is 409 g/mol. The van der Waals surface area contributed by atoms with Gasteiger partial charge in [-0.15, -0.1) is 0 Å². The molecule has 3 aromatic rings. The highest BCUT2D eigenvalue weighted by atomic mass is 35.5. The van der Waals surface area contributed by atoms with Crippen LogP contribution in [0.5, 0.6) is 5.75 Å². The Kier molecular flexibility index (Phi) is 5.91. The van der Waals surface area contributed by atoms with Crippen LogP contribution in [0, 0.1) is 0 Å². The van der Waals surface area contributed by atoms with Crippen molar-refractivity contribution >= 4 is 23.3 Å². The van der Waals surface area contributed by atoms with Gasteiger partial charge in [0.05, 0.1) is 5.69 Å². The van der Waals surface area contributed by atoms with E-state index in [1.54, 1.807) is 30.6 Å². The second-order valence-electron chi connectivity index (χ2n) is 6.74. The smallest absolute Gasteiger partial charge is 0.260 e. The van der Waals surface area contributed by atoms with Gasteiger partial charge < -0.3 is 14.5 Å². The quantitative estimate of drug-likeness (QED) is 0.646. The highest BCUT2D eigenvalue weighted by Crippen LogP contribution is 2.21. The summed E-state index contributed by atoms with van der Waals surface area (Å²) in [6.07, 6.45) is 1.59. The minimum absolute atomic E-state index is 0.0211. The molecule has 0 atom stereocenters. The molecule has 0 saturated carbocycles. The van der Waals surface area contributed by atoms with E-state index in [9.17, 15) is 4.79 Å². The molecule has 1 amide bonds. The summed E-state index contributed by atoms with van der Waals surface area (Å²) in [5.74, 6) is 1.49. The first-order valence-corrected chi connectivity index (χ1v) is 9.85. The zero-order valence-corrected chi connectivity index (χ0v) is 16.6. The molecular formula is C22H21ClN4O2. The molecule has 1 aliphatic heterocycles. The molecule has 1 saturated heterocycles. The standard InChI is InChI=1S/C22H21ClN4O2/c23-18-6-8-19(9-7-18)29-15-22(28)27-12-10-26(11-13-27)21-14-20(24-16-25-21)17-4-2-1-3-5-17/h1-9,14,16H,10-13,15H2. The normalized spacial score (nSPS) is 14.0. The van der Waals surface area contributed by atoms with Gasteiger partial charge in [-0.2, -0.15) is 0 Å². The molecule has 4 rings (SSSR count). The third-order valence-corrected chi connectivity index (χ3v) is 5.11. The van der Waals surface area contributed by atoms with Gasteiger partial charge in [0.25, 0.3) is 5.91 Å². The van der Waals surface area contributed by atoms with Crippen LogP contribution in [0.3, 0.4) is 0 Å². The number of nitrogens with zero attached hydrogens (tertiary/aromatic N) is 4. The molecular weight excluding hydrogens is 388 g/mol. The molecule has 0 N–H and O–H groups in total. The molecule has 0 bridgehead atoms. The summed E-state index contributed by atoms with van der Waals surface area (Å²) in [5, 5.41) is 0.639. The van der Waals surface area contributed by atoms with E-state index in [2.05, 4.69) is 14.9 Å². The van der Waals surface area contributed by atoms with E-state index in [0.717, 1.165) is 30.2 Å². The number of halogens is 1. The maximum atomic E-state index is 12.5. The molecule has 1 aliphatic rings. The van der Waals surface area contributed by atoms with Crippen LogP contribution in [-0.2, 0) is 4.79 Å². The van der Waals surface area contributed by atoms with Crippen LogP contribution in [-0.4, -0.2) is 53.6 Å². The van der Waals surface area contributed by atoms with Crippen LogP contribution >= 0.6 is 11.6 Å². The lowest BCUT2D eigenvalue weighted by Crippen LogP contribution is -2.50. The zero-order chi connectivity index (χ0) is 20.1. The number of anilines is 1. The maximum absolute atomic E-state index is 12.5. The minimum Gasteiger partial charge on any atom is -0.484 e. The largest absolute Gasteiger partial charge is 0.484 e. The minimum atomic E-state index is -0.0211. The van der Waals surface area contributed by atoms with Crippen LogP contribution in [0.1, 0.15) is 0 Å². The second kappa shape index (κ2) is 8.92. The van der Waals surface area contributed by atoms with Gasteiger partial charge in [-0.1, -0.05) is 41.9 Å². The van der Waals surface area contributed by atoms with E-state index < -0.39 is 0 Å². The third-order valence-electron chi connectivity index (χ3n) is 4.85. The number of piperazine rings is 1. The van der Waals surface area contributed by atoms with Crippen LogP contribution in [0.4, 0.5) is 5.82 Å². The zero-order valence-electron chi connectivity index (χ0n) is 15.9. The van der Waals surface area contributed by atoms with Crippen LogP contribution in [0.15, 0.2) is 67.0 Å². The first kappa shape index (κ1) is 19.2. The predicted octanol–water partition coefficient (Wildman–Crippen LogP) is 3.52. The second-order valence-corrected chi connectivity index (χ2v) is 7.17. The molecule has 148 valence electrons. The fourth-order valence-electron chi connectivity index (χ4n) is 3.24. The van der Waals surface area contributed by atoms with Gasteiger partial charge in [-0.05, 0) is 24.3 Å². The number of hydrogen-bond acceptors (Lipinski definition) is 5. The SMILES string of the molecule is O=C(COc1ccc(Cl)cc1)N1CCN(c2cc(-c3ccccc3)ncn2)CC1. The number of rotatable bonds is 5. The predicted molar refractivity (Wildman–Crippen MR) is 113 cm³/mol. The molecule has 7 heteroatoms. The maximum Gasteiger partial charge on any atom is 0.260 e. The fourth-order valence-corrected chi connectivity index (χ4v) is 3.36. The van der Waals surface area contributed by atoms with Crippen molar-refractivity contribution in [2.75, 3.05) is 37.7 Å². The monoisotopic (exact) mass is 408 g/mol. The van der Waals surface area contributed by atoms with Crippen molar-refractivity contribution in [3.8, 4) is 17.0 Å². The first-order chi connectivity index (χ1) is 14.2. The summed E-state index contributed by atoms with van der Waals surface area (Å²) in [4.78, 5) is 25.3. The van der Waals surface area contributed by atoms with Gasteiger partial charge in [-0.3, -0.25) is 4.79 Å². The first-order valence-electron chi connectivity index (χ1n) is 9.47. The number of aromatic nitrogens is 2. The number of carbonyl (C=O) groups is 1. The highest BCUT2D eigenvalue weighted by molar-refractivity contribution is 6.30. The topological polar surface area (TPSA) is 58.6 Å². The summed E-state index contributed by atoms with van der Waals surface area (Å²) in [5.41, 5.74) is 1.95. The number of amides is 1. The Morgan fingerprint density at radius 2 is 1.69 bits per heavy atom. The van der Waals surface area contributed by atoms with Crippen molar-refractivity contribution in [2.45, 2.75) is 0 Å². The van der Waals surface area contributed by atoms with Gasteiger partial charge in [0.15, 0.2) is 6.61 Å². The lowest BCUT2D eigenvalue weighted by molar-refractivity contribution is -0.133. The fraction of sp³-hybridized carbons (Fsp3) is 0.227. The molecule has 0 unspecified atom stereocenters. The Hall–Kier alpha value is -3.12. The lowest BCUT2D eigenvalue weighted by atomic mass is 10.1. The van der Waals surface area contributed by atoms with Crippen LogP contribution in [0.2, 0.25) is 5.02 Å². The van der Waals surface area contributed by atoms with E-state index in [1.165, 1.54) is 0 Å². The molecule has 0 radical (unpaired) electrons. The molecule has 1 fully saturated rings. The van der Waals surface area contributed by atoms with Crippen molar-refractivity contribution < 1.29 is 9.53 Å². The Bertz CT molecular complexity index is 958. The average Bonchev–Trinajstić information content (AvgIpc) is 2.79. The summed E-state index contributed by atoms with van der Waals surface area (Å²) in [6.45, 7) is 2.73. The Balaban J connectivity index is 1.32. The molecule has 29 heavy (non-hydrogen) atoms. The van der Waals surface area contributed by atoms with Crippen LogP contribution < -0.4 is 9.64 Å². The lowest BCUT2D eigenvalue weighted by Gasteiger charge is -2.35. The number of carbonyl (C=O) groups excluding carboxylic acids is 1. The van der Waals surface area contributed by atoms with Crippen LogP contribution in [0.25, 0.3) is 11.3 Å². The number of ether oxygens (including phenoxy) is 1. The van der Waals surface area contributed by atoms with E-state index in [4.69, 9.17) is 16.3 Å². The summed E-state index contributed by atoms with van der Waals surface area (Å²) < 4.78 is 5.57. The van der Waals surface area contributed by atoms with Crippen molar-refractivity contribution in [3.05, 3.63) is 72.0 Å². The molecule has 1 aromatic heterocycles. The van der Waals surface area contributed by atoms with E-state index in [-0.39, 0.29) is 12.5 Å². The van der Waals surface area contributed by atoms with E-state index in [0.29, 0.717) is 23.9 Å². The molecule has 6 nitrogen and oxygen atoms in total. The summed E-state index contributed by atoms with van der Waals surface area (Å²) in [7, 11) is 0. The van der Waals surface area contributed by atoms with E-state index in [1.807, 2.05) is 41.3 Å². The summed E-state index contributed by atoms with van der Waals surface area (Å²) >= 11 is 5.86. The number of benzene rings is 2. The van der Waals surface area contributed by atoms with Gasteiger partial charge >= 0.3 is 0 Å². The van der Waals surface area contributed by atoms with Gasteiger partial charge in [0, 0.05) is 42.8 Å². The Labute approximate surface area is 174 Å². The molecule has 2 aromatic carbocycles. The third kappa shape index (κ3) is 4.84. The summed E-state index contributed by atoms with van der Waals surface area (Å²) in [6, 6.07) is 19.0. The number of hydrogen-bond donors (Lipinski definition) is 0. The van der Waals surface area contributed by atoms with Gasteiger partial charge in [0.2, 0.25) is 0 Å². The molecule has 2 heterocycles. The van der Waals surface area contributed by atoms with E-state index >= 15 is 0 Å². The van der Waals surface area contributed by atoms with Crippen molar-refractivity contribution in [1.82, 2.24) is 14.9 Å². The van der Waals surface area contributed by atoms with Gasteiger partial charge in [-0.25, -0.2) is 9.97 Å². The van der Waals surface area contributed by atoms with Crippen molar-refractivity contribution in [1.29, 1.82) is 0 Å². The molecule has 0 spiro atoms. The Morgan fingerprint density at radius 1 is 0.966 bits per heavy atom. The van der Waals surface area contributed by atoms with Crippen molar-refractivity contribution in [3.63, 3.8) is 0 Å². The van der Waals surface area contributed by atoms with Crippen molar-refractivity contribution in [2.24, 2.45) is 0 Å². The Morgan fingerprint density at radius 3 is 2.41 bits per heavy atom.